The van der Waals surface area contributed by atoms with Gasteiger partial charge in [0.1, 0.15) is 5.69 Å². The first-order valence-corrected chi connectivity index (χ1v) is 9.24. The molecule has 1 aliphatic rings. The largest absolute Gasteiger partial charge is 0.462 e. The van der Waals surface area contributed by atoms with Gasteiger partial charge in [-0.25, -0.2) is 14.8 Å². The molecule has 2 aromatic rings. The summed E-state index contributed by atoms with van der Waals surface area (Å²) in [5, 5.41) is 3.03. The number of anilines is 2. The molecule has 0 radical (unpaired) electrons. The predicted octanol–water partition coefficient (Wildman–Crippen LogP) is 3.27. The molecule has 0 saturated carbocycles. The number of likely N-dealkylation sites (tertiary alicyclic amines) is 1. The summed E-state index contributed by atoms with van der Waals surface area (Å²) >= 11 is 0. The van der Waals surface area contributed by atoms with E-state index in [4.69, 9.17) is 4.74 Å². The molecule has 1 aromatic carbocycles. The number of carbonyl (C=O) groups is 2. The molecular weight excluding hydrogens is 344 g/mol. The Bertz CT molecular complexity index is 824. The monoisotopic (exact) mass is 368 g/mol. The summed E-state index contributed by atoms with van der Waals surface area (Å²) < 4.78 is 5.08. The zero-order valence-corrected chi connectivity index (χ0v) is 15.6. The van der Waals surface area contributed by atoms with E-state index in [0.717, 1.165) is 25.9 Å². The number of hydrogen-bond donors (Lipinski definition) is 1. The van der Waals surface area contributed by atoms with Gasteiger partial charge in [-0.2, -0.15) is 0 Å². The average Bonchev–Trinajstić information content (AvgIpc) is 2.68. The standard InChI is InChI=1S/C20H24N4O3/c1-3-27-19(26)15-8-4-5-9-16(15)22-20-21-11-10-17(23-20)18(25)24-12-6-7-14(2)13-24/h4-5,8-11,14H,3,6-7,12-13H2,1-2H3,(H,21,22,23). The van der Waals surface area contributed by atoms with Gasteiger partial charge >= 0.3 is 5.97 Å². The number of para-hydroxylation sites is 1. The van der Waals surface area contributed by atoms with Crippen LogP contribution in [0.5, 0.6) is 0 Å². The van der Waals surface area contributed by atoms with Crippen LogP contribution in [-0.4, -0.2) is 46.4 Å². The van der Waals surface area contributed by atoms with E-state index in [-0.39, 0.29) is 11.9 Å². The maximum Gasteiger partial charge on any atom is 0.340 e. The Morgan fingerprint density at radius 3 is 2.89 bits per heavy atom. The van der Waals surface area contributed by atoms with Gasteiger partial charge in [0.05, 0.1) is 17.9 Å². The first-order chi connectivity index (χ1) is 13.1. The molecule has 1 unspecified atom stereocenters. The minimum atomic E-state index is -0.421. The molecular formula is C20H24N4O3. The van der Waals surface area contributed by atoms with Crippen molar-refractivity contribution < 1.29 is 14.3 Å². The number of nitrogens with one attached hydrogen (secondary N) is 1. The van der Waals surface area contributed by atoms with Crippen molar-refractivity contribution in [2.24, 2.45) is 5.92 Å². The van der Waals surface area contributed by atoms with Gasteiger partial charge < -0.3 is 15.0 Å². The lowest BCUT2D eigenvalue weighted by Gasteiger charge is -2.30. The van der Waals surface area contributed by atoms with Crippen LogP contribution in [0.1, 0.15) is 47.5 Å². The normalized spacial score (nSPS) is 16.7. The first kappa shape index (κ1) is 18.8. The molecule has 1 N–H and O–H groups in total. The third kappa shape index (κ3) is 4.61. The number of aromatic nitrogens is 2. The highest BCUT2D eigenvalue weighted by Crippen LogP contribution is 2.21. The number of esters is 1. The quantitative estimate of drug-likeness (QED) is 0.816. The summed E-state index contributed by atoms with van der Waals surface area (Å²) in [6, 6.07) is 8.59. The summed E-state index contributed by atoms with van der Waals surface area (Å²) in [6.45, 7) is 5.70. The van der Waals surface area contributed by atoms with E-state index >= 15 is 0 Å². The lowest BCUT2D eigenvalue weighted by molar-refractivity contribution is 0.0527. The van der Waals surface area contributed by atoms with Gasteiger partial charge in [-0.15, -0.1) is 0 Å². The molecule has 0 aliphatic carbocycles. The second-order valence-corrected chi connectivity index (χ2v) is 6.66. The topological polar surface area (TPSA) is 84.4 Å². The van der Waals surface area contributed by atoms with Crippen molar-refractivity contribution >= 4 is 23.5 Å². The molecule has 27 heavy (non-hydrogen) atoms. The molecule has 7 nitrogen and oxygen atoms in total. The maximum absolute atomic E-state index is 12.7. The Morgan fingerprint density at radius 2 is 2.11 bits per heavy atom. The highest BCUT2D eigenvalue weighted by atomic mass is 16.5. The lowest BCUT2D eigenvalue weighted by atomic mass is 10.00. The van der Waals surface area contributed by atoms with E-state index in [1.54, 1.807) is 43.5 Å². The van der Waals surface area contributed by atoms with Gasteiger partial charge in [0.25, 0.3) is 5.91 Å². The maximum atomic E-state index is 12.7. The number of piperidine rings is 1. The Balaban J connectivity index is 1.79. The van der Waals surface area contributed by atoms with Crippen LogP contribution in [0, 0.1) is 5.92 Å². The van der Waals surface area contributed by atoms with Crippen molar-refractivity contribution in [3.05, 3.63) is 47.8 Å². The van der Waals surface area contributed by atoms with Gasteiger partial charge in [-0.3, -0.25) is 4.79 Å². The number of nitrogens with zero attached hydrogens (tertiary/aromatic N) is 3. The molecule has 1 aliphatic heterocycles. The van der Waals surface area contributed by atoms with Gasteiger partial charge in [0.2, 0.25) is 5.95 Å². The van der Waals surface area contributed by atoms with Crippen molar-refractivity contribution in [1.82, 2.24) is 14.9 Å². The molecule has 1 atom stereocenters. The molecule has 3 rings (SSSR count). The third-order valence-corrected chi connectivity index (χ3v) is 4.49. The molecule has 0 bridgehead atoms. The summed E-state index contributed by atoms with van der Waals surface area (Å²) in [7, 11) is 0. The minimum absolute atomic E-state index is 0.0920. The molecule has 0 spiro atoms. The summed E-state index contributed by atoms with van der Waals surface area (Å²) in [6.07, 6.45) is 3.70. The van der Waals surface area contributed by atoms with E-state index in [9.17, 15) is 9.59 Å². The zero-order chi connectivity index (χ0) is 19.2. The fourth-order valence-electron chi connectivity index (χ4n) is 3.17. The highest BCUT2D eigenvalue weighted by molar-refractivity contribution is 5.96. The molecule has 1 fully saturated rings. The van der Waals surface area contributed by atoms with Gasteiger partial charge in [-0.05, 0) is 43.9 Å². The van der Waals surface area contributed by atoms with Crippen LogP contribution >= 0.6 is 0 Å². The summed E-state index contributed by atoms with van der Waals surface area (Å²) in [4.78, 5) is 35.2. The van der Waals surface area contributed by atoms with E-state index in [2.05, 4.69) is 22.2 Å². The second-order valence-electron chi connectivity index (χ2n) is 6.66. The van der Waals surface area contributed by atoms with Gasteiger partial charge in [0.15, 0.2) is 0 Å². The molecule has 1 aromatic heterocycles. The number of carbonyl (C=O) groups excluding carboxylic acids is 2. The fourth-order valence-corrected chi connectivity index (χ4v) is 3.17. The number of ether oxygens (including phenoxy) is 1. The van der Waals surface area contributed by atoms with Crippen molar-refractivity contribution in [2.75, 3.05) is 25.0 Å². The molecule has 2 heterocycles. The van der Waals surface area contributed by atoms with Crippen molar-refractivity contribution in [1.29, 1.82) is 0 Å². The SMILES string of the molecule is CCOC(=O)c1ccccc1Nc1nccc(C(=O)N2CCCC(C)C2)n1. The van der Waals surface area contributed by atoms with E-state index in [0.29, 0.717) is 29.5 Å². The van der Waals surface area contributed by atoms with E-state index in [1.807, 2.05) is 4.90 Å². The van der Waals surface area contributed by atoms with Crippen LogP contribution in [0.2, 0.25) is 0 Å². The third-order valence-electron chi connectivity index (χ3n) is 4.49. The lowest BCUT2D eigenvalue weighted by Crippen LogP contribution is -2.39. The van der Waals surface area contributed by atoms with Crippen LogP contribution in [0.3, 0.4) is 0 Å². The Kier molecular flexibility index (Phi) is 6.01. The highest BCUT2D eigenvalue weighted by Gasteiger charge is 2.23. The van der Waals surface area contributed by atoms with Crippen LogP contribution in [0.4, 0.5) is 11.6 Å². The van der Waals surface area contributed by atoms with Crippen LogP contribution in [0.15, 0.2) is 36.5 Å². The predicted molar refractivity (Wildman–Crippen MR) is 102 cm³/mol. The Hall–Kier alpha value is -2.96. The van der Waals surface area contributed by atoms with Crippen LogP contribution < -0.4 is 5.32 Å². The number of rotatable bonds is 5. The molecule has 7 heteroatoms. The van der Waals surface area contributed by atoms with E-state index < -0.39 is 5.97 Å². The molecule has 1 amide bonds. The number of benzene rings is 1. The smallest absolute Gasteiger partial charge is 0.340 e. The van der Waals surface area contributed by atoms with Crippen molar-refractivity contribution in [3.63, 3.8) is 0 Å². The van der Waals surface area contributed by atoms with Gasteiger partial charge in [0, 0.05) is 19.3 Å². The molecule has 142 valence electrons. The fraction of sp³-hybridized carbons (Fsp3) is 0.400. The summed E-state index contributed by atoms with van der Waals surface area (Å²) in [5.41, 5.74) is 1.27. The van der Waals surface area contributed by atoms with E-state index in [1.165, 1.54) is 0 Å². The Labute approximate surface area is 158 Å². The minimum Gasteiger partial charge on any atom is -0.462 e. The first-order valence-electron chi connectivity index (χ1n) is 9.24. The van der Waals surface area contributed by atoms with Gasteiger partial charge in [-0.1, -0.05) is 19.1 Å². The van der Waals surface area contributed by atoms with Crippen LogP contribution in [0.25, 0.3) is 0 Å². The number of amides is 1. The van der Waals surface area contributed by atoms with Crippen LogP contribution in [-0.2, 0) is 4.74 Å². The molecule has 1 saturated heterocycles. The van der Waals surface area contributed by atoms with Crippen molar-refractivity contribution in [2.45, 2.75) is 26.7 Å². The zero-order valence-electron chi connectivity index (χ0n) is 15.6. The Morgan fingerprint density at radius 1 is 1.30 bits per heavy atom. The average molecular weight is 368 g/mol. The second kappa shape index (κ2) is 8.62. The summed E-state index contributed by atoms with van der Waals surface area (Å²) in [5.74, 6) is 0.252. The van der Waals surface area contributed by atoms with Crippen molar-refractivity contribution in [3.8, 4) is 0 Å². The number of hydrogen-bond acceptors (Lipinski definition) is 6.